The molecule has 2 atom stereocenters. The highest BCUT2D eigenvalue weighted by molar-refractivity contribution is 6.30. The maximum Gasteiger partial charge on any atom is 0.319 e. The number of hydrogen-bond donors (Lipinski definition) is 3. The van der Waals surface area contributed by atoms with Crippen LogP contribution in [-0.2, 0) is 0 Å². The van der Waals surface area contributed by atoms with Gasteiger partial charge < -0.3 is 15.7 Å². The lowest BCUT2D eigenvalue weighted by molar-refractivity contribution is 0.0955. The number of anilines is 1. The molecule has 5 heteroatoms. The van der Waals surface area contributed by atoms with E-state index < -0.39 is 6.10 Å². The van der Waals surface area contributed by atoms with Crippen molar-refractivity contribution < 1.29 is 9.90 Å². The molecule has 1 aliphatic carbocycles. The molecule has 0 saturated heterocycles. The molecule has 4 nitrogen and oxygen atoms in total. The van der Waals surface area contributed by atoms with Gasteiger partial charge in [-0.05, 0) is 37.1 Å². The van der Waals surface area contributed by atoms with Crippen molar-refractivity contribution in [3.05, 3.63) is 29.3 Å². The Bertz CT molecular complexity index is 408. The number of aliphatic hydroxyl groups excluding tert-OH is 1. The van der Waals surface area contributed by atoms with Gasteiger partial charge in [0.05, 0.1) is 12.1 Å². The van der Waals surface area contributed by atoms with Gasteiger partial charge in [-0.25, -0.2) is 4.79 Å². The minimum atomic E-state index is -0.435. The second-order valence-electron chi connectivity index (χ2n) is 4.56. The summed E-state index contributed by atoms with van der Waals surface area (Å²) in [6.07, 6.45) is 3.22. The molecule has 0 aliphatic heterocycles. The number of carbonyl (C=O) groups excluding carboxylic acids is 1. The second kappa shape index (κ2) is 6.07. The first-order valence-electron chi connectivity index (χ1n) is 6.16. The lowest BCUT2D eigenvalue weighted by Crippen LogP contribution is -2.46. The molecule has 1 aliphatic rings. The maximum absolute atomic E-state index is 11.7. The fourth-order valence-corrected chi connectivity index (χ4v) is 2.27. The summed E-state index contributed by atoms with van der Waals surface area (Å²) in [6, 6.07) is 6.46. The Morgan fingerprint density at radius 3 is 2.56 bits per heavy atom. The Hall–Kier alpha value is -1.26. The zero-order valence-corrected chi connectivity index (χ0v) is 10.8. The van der Waals surface area contributed by atoms with Gasteiger partial charge in [-0.15, -0.1) is 0 Å². The summed E-state index contributed by atoms with van der Waals surface area (Å²) >= 11 is 5.76. The summed E-state index contributed by atoms with van der Waals surface area (Å²) in [5.41, 5.74) is 0.683. The SMILES string of the molecule is O=C(Nc1ccc(Cl)cc1)NC1CCCCC1O. The van der Waals surface area contributed by atoms with Crippen LogP contribution in [0.2, 0.25) is 5.02 Å². The van der Waals surface area contributed by atoms with Gasteiger partial charge in [0.2, 0.25) is 0 Å². The van der Waals surface area contributed by atoms with Crippen LogP contribution in [0, 0.1) is 0 Å². The highest BCUT2D eigenvalue weighted by Gasteiger charge is 2.24. The van der Waals surface area contributed by atoms with Gasteiger partial charge >= 0.3 is 6.03 Å². The predicted molar refractivity (Wildman–Crippen MR) is 71.9 cm³/mol. The van der Waals surface area contributed by atoms with Crippen molar-refractivity contribution >= 4 is 23.3 Å². The lowest BCUT2D eigenvalue weighted by Gasteiger charge is -2.28. The van der Waals surface area contributed by atoms with Crippen LogP contribution < -0.4 is 10.6 Å². The monoisotopic (exact) mass is 268 g/mol. The lowest BCUT2D eigenvalue weighted by atomic mass is 9.93. The van der Waals surface area contributed by atoms with E-state index in [0.29, 0.717) is 10.7 Å². The van der Waals surface area contributed by atoms with Crippen LogP contribution in [0.1, 0.15) is 25.7 Å². The fraction of sp³-hybridized carbons (Fsp3) is 0.462. The number of aliphatic hydroxyl groups is 1. The number of urea groups is 1. The van der Waals surface area contributed by atoms with Crippen molar-refractivity contribution in [1.29, 1.82) is 0 Å². The number of nitrogens with one attached hydrogen (secondary N) is 2. The van der Waals surface area contributed by atoms with Crippen molar-refractivity contribution in [3.8, 4) is 0 Å². The Labute approximate surface area is 111 Å². The summed E-state index contributed by atoms with van der Waals surface area (Å²) in [5, 5.41) is 15.9. The highest BCUT2D eigenvalue weighted by atomic mass is 35.5. The van der Waals surface area contributed by atoms with E-state index in [1.165, 1.54) is 0 Å². The number of halogens is 1. The minimum Gasteiger partial charge on any atom is -0.391 e. The number of benzene rings is 1. The molecule has 0 bridgehead atoms. The van der Waals surface area contributed by atoms with Crippen LogP contribution in [0.25, 0.3) is 0 Å². The minimum absolute atomic E-state index is 0.147. The Balaban J connectivity index is 1.86. The average molecular weight is 269 g/mol. The van der Waals surface area contributed by atoms with Gasteiger partial charge in [0.15, 0.2) is 0 Å². The molecule has 0 spiro atoms. The summed E-state index contributed by atoms with van der Waals surface area (Å²) in [7, 11) is 0. The third kappa shape index (κ3) is 3.62. The topological polar surface area (TPSA) is 61.4 Å². The zero-order valence-electron chi connectivity index (χ0n) is 10.0. The molecule has 2 unspecified atom stereocenters. The molecule has 0 heterocycles. The third-order valence-corrected chi connectivity index (χ3v) is 3.40. The van der Waals surface area contributed by atoms with E-state index in [1.54, 1.807) is 24.3 Å². The van der Waals surface area contributed by atoms with Gasteiger partial charge in [0.25, 0.3) is 0 Å². The Kier molecular flexibility index (Phi) is 4.44. The molecule has 3 N–H and O–H groups in total. The Morgan fingerprint density at radius 1 is 1.22 bits per heavy atom. The van der Waals surface area contributed by atoms with Crippen LogP contribution in [0.15, 0.2) is 24.3 Å². The normalized spacial score (nSPS) is 23.4. The molecule has 1 saturated carbocycles. The van der Waals surface area contributed by atoms with Gasteiger partial charge in [0.1, 0.15) is 0 Å². The number of carbonyl (C=O) groups is 1. The third-order valence-electron chi connectivity index (χ3n) is 3.15. The van der Waals surface area contributed by atoms with Crippen LogP contribution >= 0.6 is 11.6 Å². The smallest absolute Gasteiger partial charge is 0.319 e. The summed E-state index contributed by atoms with van der Waals surface area (Å²) in [6.45, 7) is 0. The van der Waals surface area contributed by atoms with E-state index >= 15 is 0 Å². The molecule has 1 aromatic rings. The van der Waals surface area contributed by atoms with Crippen molar-refractivity contribution in [1.82, 2.24) is 5.32 Å². The average Bonchev–Trinajstić information content (AvgIpc) is 2.35. The molecule has 1 aromatic carbocycles. The van der Waals surface area contributed by atoms with Crippen LogP contribution in [0.5, 0.6) is 0 Å². The van der Waals surface area contributed by atoms with E-state index in [0.717, 1.165) is 25.7 Å². The molecular formula is C13H17ClN2O2. The second-order valence-corrected chi connectivity index (χ2v) is 5.00. The van der Waals surface area contributed by atoms with E-state index in [2.05, 4.69) is 10.6 Å². The largest absolute Gasteiger partial charge is 0.391 e. The summed E-state index contributed by atoms with van der Waals surface area (Å²) in [4.78, 5) is 11.7. The van der Waals surface area contributed by atoms with Crippen LogP contribution in [0.4, 0.5) is 10.5 Å². The van der Waals surface area contributed by atoms with Crippen molar-refractivity contribution in [2.75, 3.05) is 5.32 Å². The van der Waals surface area contributed by atoms with E-state index in [-0.39, 0.29) is 12.1 Å². The van der Waals surface area contributed by atoms with Gasteiger partial charge in [0, 0.05) is 10.7 Å². The first-order valence-corrected chi connectivity index (χ1v) is 6.54. The summed E-state index contributed by atoms with van der Waals surface area (Å²) in [5.74, 6) is 0. The molecule has 98 valence electrons. The van der Waals surface area contributed by atoms with Crippen molar-refractivity contribution in [2.24, 2.45) is 0 Å². The first-order chi connectivity index (χ1) is 8.65. The van der Waals surface area contributed by atoms with Crippen LogP contribution in [0.3, 0.4) is 0 Å². The maximum atomic E-state index is 11.7. The summed E-state index contributed by atoms with van der Waals surface area (Å²) < 4.78 is 0. The molecule has 18 heavy (non-hydrogen) atoms. The Morgan fingerprint density at radius 2 is 1.89 bits per heavy atom. The molecule has 0 aromatic heterocycles. The van der Waals surface area contributed by atoms with Gasteiger partial charge in [-0.1, -0.05) is 24.4 Å². The first kappa shape index (κ1) is 13.2. The van der Waals surface area contributed by atoms with Crippen molar-refractivity contribution in [2.45, 2.75) is 37.8 Å². The highest BCUT2D eigenvalue weighted by Crippen LogP contribution is 2.18. The van der Waals surface area contributed by atoms with E-state index in [4.69, 9.17) is 11.6 Å². The molecule has 2 rings (SSSR count). The van der Waals surface area contributed by atoms with Crippen LogP contribution in [-0.4, -0.2) is 23.3 Å². The van der Waals surface area contributed by atoms with E-state index in [9.17, 15) is 9.90 Å². The molecule has 0 radical (unpaired) electrons. The molecular weight excluding hydrogens is 252 g/mol. The predicted octanol–water partition coefficient (Wildman–Crippen LogP) is 2.77. The fourth-order valence-electron chi connectivity index (χ4n) is 2.15. The zero-order chi connectivity index (χ0) is 13.0. The standard InChI is InChI=1S/C13H17ClN2O2/c14-9-5-7-10(8-6-9)15-13(18)16-11-3-1-2-4-12(11)17/h5-8,11-12,17H,1-4H2,(H2,15,16,18). The van der Waals surface area contributed by atoms with E-state index in [1.807, 2.05) is 0 Å². The molecule has 2 amide bonds. The molecule has 1 fully saturated rings. The number of hydrogen-bond acceptors (Lipinski definition) is 2. The van der Waals surface area contributed by atoms with Gasteiger partial charge in [-0.2, -0.15) is 0 Å². The quantitative estimate of drug-likeness (QED) is 0.772. The number of amides is 2. The van der Waals surface area contributed by atoms with Crippen molar-refractivity contribution in [3.63, 3.8) is 0 Å². The van der Waals surface area contributed by atoms with Gasteiger partial charge in [-0.3, -0.25) is 0 Å². The number of rotatable bonds is 2.